The van der Waals surface area contributed by atoms with Crippen LogP contribution in [0.15, 0.2) is 43.0 Å². The zero-order valence-corrected chi connectivity index (χ0v) is 11.5. The van der Waals surface area contributed by atoms with Crippen LogP contribution in [0, 0.1) is 0 Å². The molecule has 1 aromatic rings. The van der Waals surface area contributed by atoms with E-state index in [9.17, 15) is 9.59 Å². The maximum Gasteiger partial charge on any atom is 0.326 e. The van der Waals surface area contributed by atoms with Crippen LogP contribution < -0.4 is 10.6 Å². The predicted molar refractivity (Wildman–Crippen MR) is 77.5 cm³/mol. The highest BCUT2D eigenvalue weighted by molar-refractivity contribution is 5.82. The SMILES string of the molecule is C=CC(C)NC(=O)N[C@@H](CCc1ccccc1)C(=O)O. The summed E-state index contributed by atoms with van der Waals surface area (Å²) >= 11 is 0. The van der Waals surface area contributed by atoms with E-state index in [1.165, 1.54) is 0 Å². The van der Waals surface area contributed by atoms with E-state index in [0.29, 0.717) is 12.8 Å². The highest BCUT2D eigenvalue weighted by Gasteiger charge is 2.19. The van der Waals surface area contributed by atoms with Gasteiger partial charge in [-0.3, -0.25) is 0 Å². The molecular formula is C15H20N2O3. The molecule has 0 bridgehead atoms. The van der Waals surface area contributed by atoms with Crippen molar-refractivity contribution in [2.45, 2.75) is 31.8 Å². The molecule has 0 saturated heterocycles. The lowest BCUT2D eigenvalue weighted by molar-refractivity contribution is -0.139. The molecule has 0 heterocycles. The molecule has 0 aliphatic carbocycles. The number of amides is 2. The molecule has 0 spiro atoms. The lowest BCUT2D eigenvalue weighted by Crippen LogP contribution is -2.48. The molecular weight excluding hydrogens is 256 g/mol. The molecule has 0 aromatic heterocycles. The van der Waals surface area contributed by atoms with Gasteiger partial charge in [0.25, 0.3) is 0 Å². The van der Waals surface area contributed by atoms with Crippen molar-refractivity contribution in [3.05, 3.63) is 48.6 Å². The van der Waals surface area contributed by atoms with Crippen LogP contribution in [0.4, 0.5) is 4.79 Å². The first-order valence-corrected chi connectivity index (χ1v) is 6.49. The minimum Gasteiger partial charge on any atom is -0.480 e. The number of carbonyl (C=O) groups is 2. The summed E-state index contributed by atoms with van der Waals surface area (Å²) < 4.78 is 0. The Hall–Kier alpha value is -2.30. The van der Waals surface area contributed by atoms with Gasteiger partial charge in [0.05, 0.1) is 0 Å². The van der Waals surface area contributed by atoms with Gasteiger partial charge in [-0.1, -0.05) is 36.4 Å². The van der Waals surface area contributed by atoms with Gasteiger partial charge in [0.1, 0.15) is 6.04 Å². The standard InChI is InChI=1S/C15H20N2O3/c1-3-11(2)16-15(20)17-13(14(18)19)10-9-12-7-5-4-6-8-12/h3-8,11,13H,1,9-10H2,2H3,(H,18,19)(H2,16,17,20)/t11?,13-/m0/s1. The van der Waals surface area contributed by atoms with Crippen molar-refractivity contribution in [2.24, 2.45) is 0 Å². The van der Waals surface area contributed by atoms with E-state index in [1.807, 2.05) is 30.3 Å². The molecule has 5 nitrogen and oxygen atoms in total. The van der Waals surface area contributed by atoms with Gasteiger partial charge < -0.3 is 15.7 Å². The van der Waals surface area contributed by atoms with Crippen molar-refractivity contribution in [3.8, 4) is 0 Å². The summed E-state index contributed by atoms with van der Waals surface area (Å²) in [6.07, 6.45) is 2.50. The van der Waals surface area contributed by atoms with Gasteiger partial charge in [-0.15, -0.1) is 6.58 Å². The quantitative estimate of drug-likeness (QED) is 0.666. The summed E-state index contributed by atoms with van der Waals surface area (Å²) in [7, 11) is 0. The second kappa shape index (κ2) is 7.99. The second-order valence-corrected chi connectivity index (χ2v) is 4.56. The number of benzene rings is 1. The van der Waals surface area contributed by atoms with E-state index in [-0.39, 0.29) is 6.04 Å². The summed E-state index contributed by atoms with van der Waals surface area (Å²) in [5, 5.41) is 14.2. The highest BCUT2D eigenvalue weighted by atomic mass is 16.4. The number of hydrogen-bond acceptors (Lipinski definition) is 2. The molecule has 20 heavy (non-hydrogen) atoms. The number of hydrogen-bond donors (Lipinski definition) is 3. The van der Waals surface area contributed by atoms with Gasteiger partial charge >= 0.3 is 12.0 Å². The first kappa shape index (κ1) is 15.8. The third kappa shape index (κ3) is 5.56. The van der Waals surface area contributed by atoms with Gasteiger partial charge in [0.2, 0.25) is 0 Å². The van der Waals surface area contributed by atoms with E-state index < -0.39 is 18.0 Å². The number of aryl methyl sites for hydroxylation is 1. The van der Waals surface area contributed by atoms with Crippen LogP contribution in [0.1, 0.15) is 18.9 Å². The molecule has 2 atom stereocenters. The number of carbonyl (C=O) groups excluding carboxylic acids is 1. The zero-order valence-electron chi connectivity index (χ0n) is 11.5. The minimum atomic E-state index is -1.04. The molecule has 1 unspecified atom stereocenters. The largest absolute Gasteiger partial charge is 0.480 e. The van der Waals surface area contributed by atoms with E-state index in [2.05, 4.69) is 17.2 Å². The third-order valence-electron chi connectivity index (χ3n) is 2.88. The minimum absolute atomic E-state index is 0.210. The van der Waals surface area contributed by atoms with E-state index in [4.69, 9.17) is 5.11 Å². The molecule has 1 aromatic carbocycles. The van der Waals surface area contributed by atoms with Crippen molar-refractivity contribution in [1.29, 1.82) is 0 Å². The van der Waals surface area contributed by atoms with E-state index in [0.717, 1.165) is 5.56 Å². The van der Waals surface area contributed by atoms with Gasteiger partial charge in [-0.05, 0) is 25.3 Å². The summed E-state index contributed by atoms with van der Waals surface area (Å²) in [6, 6.07) is 7.94. The number of nitrogens with one attached hydrogen (secondary N) is 2. The van der Waals surface area contributed by atoms with Crippen LogP contribution >= 0.6 is 0 Å². The Balaban J connectivity index is 2.50. The monoisotopic (exact) mass is 276 g/mol. The van der Waals surface area contributed by atoms with Gasteiger partial charge in [-0.2, -0.15) is 0 Å². The fraction of sp³-hybridized carbons (Fsp3) is 0.333. The van der Waals surface area contributed by atoms with Crippen LogP contribution in [0.3, 0.4) is 0 Å². The van der Waals surface area contributed by atoms with Crippen LogP contribution in [0.2, 0.25) is 0 Å². The molecule has 0 aliphatic rings. The molecule has 3 N–H and O–H groups in total. The Kier molecular flexibility index (Phi) is 6.29. The van der Waals surface area contributed by atoms with E-state index >= 15 is 0 Å². The Bertz CT molecular complexity index is 459. The molecule has 2 amide bonds. The second-order valence-electron chi connectivity index (χ2n) is 4.56. The summed E-state index contributed by atoms with van der Waals surface area (Å²) in [5.74, 6) is -1.04. The number of rotatable bonds is 7. The smallest absolute Gasteiger partial charge is 0.326 e. The topological polar surface area (TPSA) is 78.4 Å². The average molecular weight is 276 g/mol. The van der Waals surface area contributed by atoms with Gasteiger partial charge in [0, 0.05) is 6.04 Å². The van der Waals surface area contributed by atoms with Crippen molar-refractivity contribution in [1.82, 2.24) is 10.6 Å². The molecule has 108 valence electrons. The van der Waals surface area contributed by atoms with E-state index in [1.54, 1.807) is 13.0 Å². The molecule has 0 aliphatic heterocycles. The highest BCUT2D eigenvalue weighted by Crippen LogP contribution is 2.05. The fourth-order valence-corrected chi connectivity index (χ4v) is 1.68. The molecule has 0 radical (unpaired) electrons. The fourth-order valence-electron chi connectivity index (χ4n) is 1.68. The Morgan fingerprint density at radius 1 is 1.30 bits per heavy atom. The van der Waals surface area contributed by atoms with Crippen molar-refractivity contribution < 1.29 is 14.7 Å². The summed E-state index contributed by atoms with van der Waals surface area (Å²) in [6.45, 7) is 5.30. The Morgan fingerprint density at radius 2 is 1.95 bits per heavy atom. The van der Waals surface area contributed by atoms with Gasteiger partial charge in [-0.25, -0.2) is 9.59 Å². The van der Waals surface area contributed by atoms with Crippen LogP contribution in [0.25, 0.3) is 0 Å². The lowest BCUT2D eigenvalue weighted by atomic mass is 10.1. The van der Waals surface area contributed by atoms with Crippen LogP contribution in [0.5, 0.6) is 0 Å². The molecule has 0 saturated carbocycles. The predicted octanol–water partition coefficient (Wildman–Crippen LogP) is 1.95. The van der Waals surface area contributed by atoms with Crippen molar-refractivity contribution >= 4 is 12.0 Å². The van der Waals surface area contributed by atoms with Crippen molar-refractivity contribution in [2.75, 3.05) is 0 Å². The maximum absolute atomic E-state index is 11.6. The number of aliphatic carboxylic acids is 1. The zero-order chi connectivity index (χ0) is 15.0. The first-order chi connectivity index (χ1) is 9.52. The maximum atomic E-state index is 11.6. The summed E-state index contributed by atoms with van der Waals surface area (Å²) in [5.41, 5.74) is 1.04. The molecule has 0 fully saturated rings. The third-order valence-corrected chi connectivity index (χ3v) is 2.88. The first-order valence-electron chi connectivity index (χ1n) is 6.49. The Labute approximate surface area is 118 Å². The number of carboxylic acid groups (broad SMARTS) is 1. The van der Waals surface area contributed by atoms with Crippen molar-refractivity contribution in [3.63, 3.8) is 0 Å². The van der Waals surface area contributed by atoms with Gasteiger partial charge in [0.15, 0.2) is 0 Å². The number of carboxylic acids is 1. The van der Waals surface area contributed by atoms with Crippen LogP contribution in [-0.2, 0) is 11.2 Å². The number of urea groups is 1. The van der Waals surface area contributed by atoms with Crippen LogP contribution in [-0.4, -0.2) is 29.2 Å². The molecule has 1 rings (SSSR count). The molecule has 5 heteroatoms. The normalized spacial score (nSPS) is 13.1. The summed E-state index contributed by atoms with van der Waals surface area (Å²) in [4.78, 5) is 22.8. The Morgan fingerprint density at radius 3 is 2.50 bits per heavy atom. The average Bonchev–Trinajstić information content (AvgIpc) is 2.44. The lowest BCUT2D eigenvalue weighted by Gasteiger charge is -2.16.